The molecule has 1 saturated carbocycles. The van der Waals surface area contributed by atoms with E-state index in [0.717, 1.165) is 29.1 Å². The van der Waals surface area contributed by atoms with E-state index < -0.39 is 11.6 Å². The Morgan fingerprint density at radius 2 is 1.81 bits per heavy atom. The number of fused-ring (bicyclic) bond motifs is 1. The highest BCUT2D eigenvalue weighted by Crippen LogP contribution is 2.37. The predicted octanol–water partition coefficient (Wildman–Crippen LogP) is 4.15. The molecule has 2 aromatic carbocycles. The molecule has 184 valence electrons. The van der Waals surface area contributed by atoms with Gasteiger partial charge in [-0.2, -0.15) is 10.2 Å². The van der Waals surface area contributed by atoms with Crippen molar-refractivity contribution in [2.24, 2.45) is 11.0 Å². The van der Waals surface area contributed by atoms with E-state index in [1.807, 2.05) is 54.7 Å². The summed E-state index contributed by atoms with van der Waals surface area (Å²) in [5, 5.41) is 13.0. The summed E-state index contributed by atoms with van der Waals surface area (Å²) in [7, 11) is 0. The molecule has 0 radical (unpaired) electrons. The van der Waals surface area contributed by atoms with Crippen molar-refractivity contribution in [3.05, 3.63) is 60.3 Å². The van der Waals surface area contributed by atoms with Gasteiger partial charge in [0, 0.05) is 17.3 Å². The van der Waals surface area contributed by atoms with Crippen molar-refractivity contribution in [1.29, 1.82) is 0 Å². The van der Waals surface area contributed by atoms with Crippen LogP contribution < -0.4 is 14.8 Å². The van der Waals surface area contributed by atoms with Gasteiger partial charge in [0.15, 0.2) is 11.5 Å². The largest absolute Gasteiger partial charge is 0.486 e. The number of benzene rings is 2. The average Bonchev–Trinajstić information content (AvgIpc) is 3.43. The van der Waals surface area contributed by atoms with Gasteiger partial charge >= 0.3 is 6.03 Å². The number of hydrogen-bond acceptors (Lipinski definition) is 6. The number of para-hydroxylation sites is 1. The number of ether oxygens (including phenoxy) is 2. The van der Waals surface area contributed by atoms with Crippen LogP contribution in [0.25, 0.3) is 16.9 Å². The van der Waals surface area contributed by atoms with E-state index in [4.69, 9.17) is 14.6 Å². The van der Waals surface area contributed by atoms with E-state index in [2.05, 4.69) is 17.3 Å². The van der Waals surface area contributed by atoms with Gasteiger partial charge in [0.05, 0.1) is 11.9 Å². The maximum Gasteiger partial charge on any atom is 0.346 e. The molecule has 1 aliphatic carbocycles. The maximum absolute atomic E-state index is 13.2. The molecular formula is C27H27N5O4. The number of amides is 3. The van der Waals surface area contributed by atoms with Gasteiger partial charge in [-0.05, 0) is 61.9 Å². The molecule has 1 spiro atoms. The second-order valence-electron chi connectivity index (χ2n) is 9.63. The van der Waals surface area contributed by atoms with Crippen molar-refractivity contribution in [2.75, 3.05) is 13.2 Å². The van der Waals surface area contributed by atoms with E-state index >= 15 is 0 Å². The zero-order valence-electron chi connectivity index (χ0n) is 20.0. The Morgan fingerprint density at radius 1 is 1.06 bits per heavy atom. The molecule has 0 unspecified atom stereocenters. The number of carbonyl (C=O) groups excluding carboxylic acids is 2. The van der Waals surface area contributed by atoms with Crippen molar-refractivity contribution in [1.82, 2.24) is 20.1 Å². The van der Waals surface area contributed by atoms with Gasteiger partial charge in [0.25, 0.3) is 5.91 Å². The summed E-state index contributed by atoms with van der Waals surface area (Å²) in [5.41, 5.74) is 2.15. The lowest BCUT2D eigenvalue weighted by Gasteiger charge is -2.33. The Labute approximate surface area is 208 Å². The smallest absolute Gasteiger partial charge is 0.346 e. The minimum Gasteiger partial charge on any atom is -0.486 e. The van der Waals surface area contributed by atoms with Crippen LogP contribution in [-0.2, 0) is 4.79 Å². The van der Waals surface area contributed by atoms with Crippen LogP contribution in [0.1, 0.15) is 38.2 Å². The summed E-state index contributed by atoms with van der Waals surface area (Å²) in [6, 6.07) is 14.9. The van der Waals surface area contributed by atoms with Gasteiger partial charge in [0.1, 0.15) is 24.4 Å². The normalized spacial score (nSPS) is 23.5. The van der Waals surface area contributed by atoms with E-state index in [1.54, 1.807) is 4.68 Å². The van der Waals surface area contributed by atoms with E-state index in [9.17, 15) is 9.59 Å². The lowest BCUT2D eigenvalue weighted by Crippen LogP contribution is -2.49. The first-order valence-corrected chi connectivity index (χ1v) is 12.3. The summed E-state index contributed by atoms with van der Waals surface area (Å²) in [5.74, 6) is 1.61. The molecule has 3 aliphatic rings. The minimum absolute atomic E-state index is 0.285. The van der Waals surface area contributed by atoms with Gasteiger partial charge in [-0.1, -0.05) is 25.1 Å². The highest BCUT2D eigenvalue weighted by molar-refractivity contribution is 6.07. The fourth-order valence-corrected chi connectivity index (χ4v) is 5.03. The standard InChI is InChI=1S/C27H27N5O4/c1-18-9-11-27(12-10-18)25(33)32(26(34)29-27)28-16-20-17-31(21-5-3-2-4-6-21)30-24(20)19-7-8-22-23(15-19)36-14-13-35-22/h2-8,15-18H,9-14H2,1H3,(H,29,34). The molecule has 9 heteroatoms. The Hall–Kier alpha value is -4.14. The van der Waals surface area contributed by atoms with Crippen LogP contribution in [0.15, 0.2) is 59.8 Å². The highest BCUT2D eigenvalue weighted by Gasteiger charge is 2.52. The minimum atomic E-state index is -0.839. The molecule has 6 rings (SSSR count). The SMILES string of the molecule is CC1CCC2(CC1)NC(=O)N(N=Cc1cn(-c3ccccc3)nc1-c1ccc3c(c1)OCCO3)C2=O. The monoisotopic (exact) mass is 485 g/mol. The Balaban J connectivity index is 1.35. The molecule has 3 amide bonds. The quantitative estimate of drug-likeness (QED) is 0.442. The lowest BCUT2D eigenvalue weighted by molar-refractivity contribution is -0.132. The summed E-state index contributed by atoms with van der Waals surface area (Å²) in [6.07, 6.45) is 6.45. The second kappa shape index (κ2) is 8.82. The third kappa shape index (κ3) is 3.90. The van der Waals surface area contributed by atoms with Crippen molar-refractivity contribution in [2.45, 2.75) is 38.1 Å². The Morgan fingerprint density at radius 3 is 2.58 bits per heavy atom. The molecule has 0 atom stereocenters. The first-order valence-electron chi connectivity index (χ1n) is 12.3. The number of aromatic nitrogens is 2. The molecule has 1 N–H and O–H groups in total. The maximum atomic E-state index is 13.2. The summed E-state index contributed by atoms with van der Waals surface area (Å²) in [4.78, 5) is 26.0. The van der Waals surface area contributed by atoms with Crippen LogP contribution in [0.3, 0.4) is 0 Å². The van der Waals surface area contributed by atoms with Gasteiger partial charge < -0.3 is 14.8 Å². The predicted molar refractivity (Wildman–Crippen MR) is 133 cm³/mol. The number of nitrogens with zero attached hydrogens (tertiary/aromatic N) is 4. The molecule has 36 heavy (non-hydrogen) atoms. The van der Waals surface area contributed by atoms with Gasteiger partial charge in [-0.3, -0.25) is 4.79 Å². The summed E-state index contributed by atoms with van der Waals surface area (Å²) in [6.45, 7) is 3.17. The first-order chi connectivity index (χ1) is 17.5. The number of nitrogens with one attached hydrogen (secondary N) is 1. The third-order valence-corrected chi connectivity index (χ3v) is 7.16. The van der Waals surface area contributed by atoms with Crippen LogP contribution in [0.5, 0.6) is 11.5 Å². The zero-order chi connectivity index (χ0) is 24.7. The van der Waals surface area contributed by atoms with Crippen LogP contribution in [0.2, 0.25) is 0 Å². The highest BCUT2D eigenvalue weighted by atomic mass is 16.6. The molecule has 1 aromatic heterocycles. The Bertz CT molecular complexity index is 1340. The van der Waals surface area contributed by atoms with Gasteiger partial charge in [0.2, 0.25) is 0 Å². The summed E-state index contributed by atoms with van der Waals surface area (Å²) < 4.78 is 13.2. The van der Waals surface area contributed by atoms with Gasteiger partial charge in [-0.25, -0.2) is 9.48 Å². The van der Waals surface area contributed by atoms with Crippen molar-refractivity contribution in [3.8, 4) is 28.4 Å². The number of hydrazone groups is 1. The molecule has 2 aliphatic heterocycles. The number of urea groups is 1. The topological polar surface area (TPSA) is 98.1 Å². The van der Waals surface area contributed by atoms with E-state index in [1.165, 1.54) is 6.21 Å². The van der Waals surface area contributed by atoms with Crippen LogP contribution in [0, 0.1) is 5.92 Å². The molecule has 2 fully saturated rings. The molecular weight excluding hydrogens is 458 g/mol. The molecule has 3 heterocycles. The first kappa shape index (κ1) is 22.3. The number of hydrogen-bond donors (Lipinski definition) is 1. The fraction of sp³-hybridized carbons (Fsp3) is 0.333. The lowest BCUT2D eigenvalue weighted by atomic mass is 9.77. The van der Waals surface area contributed by atoms with Crippen molar-refractivity contribution >= 4 is 18.2 Å². The molecule has 0 bridgehead atoms. The second-order valence-corrected chi connectivity index (χ2v) is 9.63. The number of rotatable bonds is 4. The van der Waals surface area contributed by atoms with Crippen LogP contribution >= 0.6 is 0 Å². The number of carbonyl (C=O) groups is 2. The third-order valence-electron chi connectivity index (χ3n) is 7.16. The van der Waals surface area contributed by atoms with Crippen molar-refractivity contribution < 1.29 is 19.1 Å². The Kier molecular flexibility index (Phi) is 5.47. The van der Waals surface area contributed by atoms with E-state index in [-0.39, 0.29) is 5.91 Å². The average molecular weight is 486 g/mol. The molecule has 3 aromatic rings. The van der Waals surface area contributed by atoms with Crippen molar-refractivity contribution in [3.63, 3.8) is 0 Å². The zero-order valence-corrected chi connectivity index (χ0v) is 20.0. The fourth-order valence-electron chi connectivity index (χ4n) is 5.03. The summed E-state index contributed by atoms with van der Waals surface area (Å²) >= 11 is 0. The van der Waals surface area contributed by atoms with E-state index in [0.29, 0.717) is 54.7 Å². The molecule has 1 saturated heterocycles. The van der Waals surface area contributed by atoms with Crippen LogP contribution in [-0.4, -0.2) is 51.7 Å². The van der Waals surface area contributed by atoms with Gasteiger partial charge in [-0.15, -0.1) is 5.01 Å². The molecule has 9 nitrogen and oxygen atoms in total. The van der Waals surface area contributed by atoms with Crippen LogP contribution in [0.4, 0.5) is 4.79 Å². The number of imide groups is 1.